The molecule has 1 fully saturated rings. The van der Waals surface area contributed by atoms with Crippen LogP contribution in [0.3, 0.4) is 0 Å². The zero-order valence-corrected chi connectivity index (χ0v) is 21.4. The van der Waals surface area contributed by atoms with E-state index in [0.29, 0.717) is 35.6 Å². The van der Waals surface area contributed by atoms with Crippen molar-refractivity contribution in [1.82, 2.24) is 29.5 Å². The summed E-state index contributed by atoms with van der Waals surface area (Å²) < 4.78 is 17.6. The van der Waals surface area contributed by atoms with Gasteiger partial charge in [-0.05, 0) is 61.5 Å². The number of amides is 1. The van der Waals surface area contributed by atoms with Gasteiger partial charge in [0, 0.05) is 41.6 Å². The Hall–Kier alpha value is -3.26. The normalized spacial score (nSPS) is 16.4. The number of aromatic nitrogens is 5. The van der Waals surface area contributed by atoms with Crippen molar-refractivity contribution in [3.63, 3.8) is 0 Å². The Balaban J connectivity index is 1.19. The van der Waals surface area contributed by atoms with Crippen LogP contribution in [0.2, 0.25) is 0 Å². The number of phosphoric acid groups is 1. The zero-order chi connectivity index (χ0) is 26.0. The largest absolute Gasteiger partial charge is 0.469 e. The quantitative estimate of drug-likeness (QED) is 0.196. The van der Waals surface area contributed by atoms with Crippen LogP contribution < -0.4 is 10.6 Å². The van der Waals surface area contributed by atoms with Crippen molar-refractivity contribution < 1.29 is 23.7 Å². The van der Waals surface area contributed by atoms with Gasteiger partial charge in [0.15, 0.2) is 11.0 Å². The summed E-state index contributed by atoms with van der Waals surface area (Å²) in [5, 5.41) is 13.7. The molecule has 1 saturated heterocycles. The van der Waals surface area contributed by atoms with E-state index < -0.39 is 13.9 Å². The van der Waals surface area contributed by atoms with E-state index in [2.05, 4.69) is 30.8 Å². The average Bonchev–Trinajstić information content (AvgIpc) is 3.56. The topological polar surface area (TPSA) is 170 Å². The Morgan fingerprint density at radius 1 is 1.27 bits per heavy atom. The minimum absolute atomic E-state index is 0.105. The molecule has 0 radical (unpaired) electrons. The Morgan fingerprint density at radius 2 is 2.08 bits per heavy atom. The smallest absolute Gasteiger partial charge is 0.325 e. The number of rotatable bonds is 9. The maximum atomic E-state index is 12.4. The first-order valence-electron chi connectivity index (χ1n) is 11.4. The average molecular weight is 545 g/mol. The molecule has 5 N–H and O–H groups in total. The van der Waals surface area contributed by atoms with E-state index in [1.807, 2.05) is 47.9 Å². The van der Waals surface area contributed by atoms with Crippen LogP contribution in [-0.4, -0.2) is 70.9 Å². The molecule has 3 aromatic heterocycles. The number of carbonyl (C=O) groups is 1. The van der Waals surface area contributed by atoms with Gasteiger partial charge < -0.3 is 20.4 Å². The first-order chi connectivity index (χ1) is 17.7. The summed E-state index contributed by atoms with van der Waals surface area (Å²) in [6.07, 6.45) is 1.74. The molecule has 0 aliphatic carbocycles. The third-order valence-electron chi connectivity index (χ3n) is 5.54. The number of anilines is 3. The van der Waals surface area contributed by atoms with Crippen molar-refractivity contribution in [1.29, 1.82) is 0 Å². The highest BCUT2D eigenvalue weighted by molar-refractivity contribution is 7.99. The molecule has 5 rings (SSSR count). The Morgan fingerprint density at radius 3 is 2.81 bits per heavy atom. The van der Waals surface area contributed by atoms with Crippen LogP contribution >= 0.6 is 19.6 Å². The molecule has 0 bridgehead atoms. The first kappa shape index (κ1) is 25.4. The Bertz CT molecular complexity index is 1450. The second kappa shape index (κ2) is 10.6. The monoisotopic (exact) mass is 544 g/mol. The van der Waals surface area contributed by atoms with Gasteiger partial charge >= 0.3 is 7.82 Å². The van der Waals surface area contributed by atoms with Crippen LogP contribution in [0.25, 0.3) is 5.65 Å². The summed E-state index contributed by atoms with van der Waals surface area (Å²) in [4.78, 5) is 42.3. The number of carbonyl (C=O) groups excluding carboxylic acids is 1. The lowest BCUT2D eigenvalue weighted by molar-refractivity contribution is -0.117. The molecular formula is C22H25N8O5PS. The molecule has 37 heavy (non-hydrogen) atoms. The van der Waals surface area contributed by atoms with Crippen LogP contribution in [0.1, 0.15) is 12.1 Å². The maximum Gasteiger partial charge on any atom is 0.469 e. The molecule has 1 aliphatic heterocycles. The van der Waals surface area contributed by atoms with Gasteiger partial charge in [-0.1, -0.05) is 0 Å². The first-order valence-corrected chi connectivity index (χ1v) is 13.7. The second-order valence-electron chi connectivity index (χ2n) is 8.54. The molecule has 1 aliphatic rings. The molecular weight excluding hydrogens is 519 g/mol. The van der Waals surface area contributed by atoms with Gasteiger partial charge in [-0.25, -0.2) is 9.55 Å². The van der Waals surface area contributed by atoms with E-state index in [1.165, 1.54) is 11.8 Å². The van der Waals surface area contributed by atoms with E-state index >= 15 is 0 Å². The van der Waals surface area contributed by atoms with Crippen molar-refractivity contribution in [3.05, 3.63) is 54.4 Å². The van der Waals surface area contributed by atoms with E-state index in [-0.39, 0.29) is 19.0 Å². The van der Waals surface area contributed by atoms with Crippen LogP contribution in [0.5, 0.6) is 0 Å². The van der Waals surface area contributed by atoms with Gasteiger partial charge in [-0.3, -0.25) is 23.7 Å². The fraction of sp³-hybridized carbons (Fsp3) is 0.273. The standard InChI is InChI=1S/C22H25N8O5PS/c1-14-11-18(28-27-14)24-21-26-22(25-19-3-2-9-30(19)21)37-17-6-4-15(5-7-17)23-20(31)13-29-10-8-16(12-29)35-36(32,33)34/h2-7,9,11,16H,8,10,12-13H2,1H3,(H,23,31)(H2,32,33,34)(H2,24,25,26,27,28). The minimum atomic E-state index is -4.53. The third kappa shape index (κ3) is 6.74. The lowest BCUT2D eigenvalue weighted by atomic mass is 10.3. The summed E-state index contributed by atoms with van der Waals surface area (Å²) in [6.45, 7) is 2.84. The molecule has 1 unspecified atom stereocenters. The van der Waals surface area contributed by atoms with Gasteiger partial charge in [0.25, 0.3) is 0 Å². The molecule has 1 aromatic carbocycles. The summed E-state index contributed by atoms with van der Waals surface area (Å²) >= 11 is 1.39. The SMILES string of the molecule is Cc1cc(Nc2nc(Sc3ccc(NC(=O)CN4CCC(OP(=O)(O)O)C4)cc3)nc3cccn23)n[nH]1. The second-order valence-corrected chi connectivity index (χ2v) is 10.8. The predicted octanol–water partition coefficient (Wildman–Crippen LogP) is 2.78. The fourth-order valence-electron chi connectivity index (χ4n) is 3.98. The number of hydrogen-bond donors (Lipinski definition) is 5. The summed E-state index contributed by atoms with van der Waals surface area (Å²) in [5.74, 6) is 1.02. The van der Waals surface area contributed by atoms with E-state index in [4.69, 9.17) is 14.3 Å². The summed E-state index contributed by atoms with van der Waals surface area (Å²) in [5.41, 5.74) is 2.31. The zero-order valence-electron chi connectivity index (χ0n) is 19.7. The molecule has 1 atom stereocenters. The molecule has 13 nitrogen and oxygen atoms in total. The van der Waals surface area contributed by atoms with Crippen molar-refractivity contribution in [2.24, 2.45) is 0 Å². The number of fused-ring (bicyclic) bond motifs is 1. The number of nitrogens with one attached hydrogen (secondary N) is 3. The number of likely N-dealkylation sites (tertiary alicyclic amines) is 1. The maximum absolute atomic E-state index is 12.4. The lowest BCUT2D eigenvalue weighted by Crippen LogP contribution is -2.32. The molecule has 0 saturated carbocycles. The highest BCUT2D eigenvalue weighted by atomic mass is 32.2. The number of benzene rings is 1. The van der Waals surface area contributed by atoms with Crippen LogP contribution in [-0.2, 0) is 13.9 Å². The van der Waals surface area contributed by atoms with E-state index in [0.717, 1.165) is 16.2 Å². The highest BCUT2D eigenvalue weighted by Crippen LogP contribution is 2.39. The molecule has 194 valence electrons. The molecule has 4 heterocycles. The molecule has 15 heteroatoms. The number of aromatic amines is 1. The minimum Gasteiger partial charge on any atom is -0.325 e. The molecule has 4 aromatic rings. The van der Waals surface area contributed by atoms with Crippen molar-refractivity contribution in [2.45, 2.75) is 29.5 Å². The fourth-order valence-corrected chi connectivity index (χ4v) is 5.29. The molecule has 1 amide bonds. The van der Waals surface area contributed by atoms with Gasteiger partial charge in [0.2, 0.25) is 11.9 Å². The summed E-state index contributed by atoms with van der Waals surface area (Å²) in [7, 11) is -4.53. The van der Waals surface area contributed by atoms with Gasteiger partial charge in [-0.2, -0.15) is 10.1 Å². The Kier molecular flexibility index (Phi) is 7.29. The highest BCUT2D eigenvalue weighted by Gasteiger charge is 2.30. The van der Waals surface area contributed by atoms with Crippen molar-refractivity contribution in [3.8, 4) is 0 Å². The van der Waals surface area contributed by atoms with E-state index in [9.17, 15) is 9.36 Å². The molecule has 0 spiro atoms. The summed E-state index contributed by atoms with van der Waals surface area (Å²) in [6, 6.07) is 13.0. The number of aryl methyl sites for hydroxylation is 1. The van der Waals surface area contributed by atoms with Crippen molar-refractivity contribution >= 4 is 48.6 Å². The lowest BCUT2D eigenvalue weighted by Gasteiger charge is -2.16. The number of nitrogens with zero attached hydrogens (tertiary/aromatic N) is 5. The van der Waals surface area contributed by atoms with Crippen molar-refractivity contribution in [2.75, 3.05) is 30.3 Å². The van der Waals surface area contributed by atoms with Crippen LogP contribution in [0.15, 0.2) is 58.7 Å². The van der Waals surface area contributed by atoms with E-state index in [1.54, 1.807) is 17.0 Å². The van der Waals surface area contributed by atoms with Crippen LogP contribution in [0.4, 0.5) is 17.5 Å². The number of H-pyrrole nitrogens is 1. The van der Waals surface area contributed by atoms with Gasteiger partial charge in [0.05, 0.1) is 12.6 Å². The van der Waals surface area contributed by atoms with Gasteiger partial charge in [0.1, 0.15) is 5.65 Å². The number of hydrogen-bond acceptors (Lipinski definition) is 9. The number of phosphoric ester groups is 1. The van der Waals surface area contributed by atoms with Crippen LogP contribution in [0, 0.1) is 6.92 Å². The Labute approximate surface area is 215 Å². The van der Waals surface area contributed by atoms with Gasteiger partial charge in [-0.15, -0.1) is 0 Å². The predicted molar refractivity (Wildman–Crippen MR) is 137 cm³/mol. The third-order valence-corrected chi connectivity index (χ3v) is 6.99.